The number of likely N-dealkylation sites (tertiary alicyclic amines) is 1. The van der Waals surface area contributed by atoms with E-state index in [0.717, 1.165) is 58.0 Å². The topological polar surface area (TPSA) is 50.8 Å². The number of piperidine rings is 1. The molecule has 0 aliphatic carbocycles. The molecule has 0 unspecified atom stereocenters. The zero-order valence-corrected chi connectivity index (χ0v) is 16.9. The van der Waals surface area contributed by atoms with E-state index in [0.29, 0.717) is 13.2 Å². The van der Waals surface area contributed by atoms with Crippen LogP contribution >= 0.6 is 0 Å². The third-order valence-electron chi connectivity index (χ3n) is 6.61. The van der Waals surface area contributed by atoms with Gasteiger partial charge in [-0.05, 0) is 63.5 Å². The van der Waals surface area contributed by atoms with Crippen LogP contribution in [0.25, 0.3) is 0 Å². The second-order valence-electron chi connectivity index (χ2n) is 8.64. The molecule has 2 atom stereocenters. The summed E-state index contributed by atoms with van der Waals surface area (Å²) >= 11 is 0. The van der Waals surface area contributed by atoms with E-state index in [1.807, 2.05) is 0 Å². The second kappa shape index (κ2) is 9.38. The van der Waals surface area contributed by atoms with Crippen LogP contribution < -0.4 is 5.32 Å². The fourth-order valence-electron chi connectivity index (χ4n) is 4.86. The Morgan fingerprint density at radius 2 is 1.96 bits per heavy atom. The van der Waals surface area contributed by atoms with Crippen molar-refractivity contribution in [3.8, 4) is 0 Å². The number of hydrogen-bond acceptors (Lipinski definition) is 4. The summed E-state index contributed by atoms with van der Waals surface area (Å²) in [6, 6.07) is 10.8. The summed E-state index contributed by atoms with van der Waals surface area (Å²) in [5.74, 6) is 0.0373. The molecule has 154 valence electrons. The lowest BCUT2D eigenvalue weighted by Gasteiger charge is -2.39. The van der Waals surface area contributed by atoms with E-state index in [-0.39, 0.29) is 23.7 Å². The number of carbonyl (C=O) groups is 1. The lowest BCUT2D eigenvalue weighted by atomic mass is 9.88. The second-order valence-corrected chi connectivity index (χ2v) is 8.64. The molecule has 3 fully saturated rings. The third-order valence-corrected chi connectivity index (χ3v) is 6.61. The Bertz CT molecular complexity index is 622. The fraction of sp³-hybridized carbons (Fsp3) is 0.696. The minimum Gasteiger partial charge on any atom is -0.370 e. The van der Waals surface area contributed by atoms with Crippen molar-refractivity contribution in [2.75, 3.05) is 32.8 Å². The molecule has 5 nitrogen and oxygen atoms in total. The number of benzene rings is 1. The Kier molecular flexibility index (Phi) is 6.65. The molecule has 0 bridgehead atoms. The normalized spacial score (nSPS) is 27.3. The molecule has 0 radical (unpaired) electrons. The van der Waals surface area contributed by atoms with Gasteiger partial charge in [-0.2, -0.15) is 0 Å². The summed E-state index contributed by atoms with van der Waals surface area (Å²) in [5.41, 5.74) is 1.48. The van der Waals surface area contributed by atoms with E-state index in [2.05, 4.69) is 40.5 Å². The maximum Gasteiger partial charge on any atom is 0.249 e. The fourth-order valence-corrected chi connectivity index (χ4v) is 4.86. The predicted molar refractivity (Wildman–Crippen MR) is 109 cm³/mol. The van der Waals surface area contributed by atoms with E-state index in [1.165, 1.54) is 18.5 Å². The first-order valence-corrected chi connectivity index (χ1v) is 11.1. The number of ether oxygens (including phenoxy) is 2. The van der Waals surface area contributed by atoms with Crippen molar-refractivity contribution in [2.45, 2.75) is 69.2 Å². The number of nitrogens with zero attached hydrogens (tertiary/aromatic N) is 1. The number of amides is 1. The van der Waals surface area contributed by atoms with Crippen LogP contribution in [0.3, 0.4) is 0 Å². The van der Waals surface area contributed by atoms with Crippen LogP contribution in [0.5, 0.6) is 0 Å². The van der Waals surface area contributed by atoms with Crippen molar-refractivity contribution in [1.82, 2.24) is 10.2 Å². The molecule has 4 rings (SSSR count). The molecule has 1 aromatic carbocycles. The molecule has 3 heterocycles. The number of aryl methyl sites for hydroxylation is 1. The lowest BCUT2D eigenvalue weighted by molar-refractivity contribution is -0.131. The van der Waals surface area contributed by atoms with Gasteiger partial charge in [0.1, 0.15) is 6.10 Å². The van der Waals surface area contributed by atoms with Gasteiger partial charge in [0.05, 0.1) is 11.7 Å². The van der Waals surface area contributed by atoms with Gasteiger partial charge in [0, 0.05) is 26.2 Å². The Balaban J connectivity index is 1.14. The summed E-state index contributed by atoms with van der Waals surface area (Å²) in [6.45, 7) is 4.77. The van der Waals surface area contributed by atoms with Crippen LogP contribution in [0.15, 0.2) is 30.3 Å². The molecular weight excluding hydrogens is 352 g/mol. The van der Waals surface area contributed by atoms with Gasteiger partial charge in [-0.15, -0.1) is 0 Å². The van der Waals surface area contributed by atoms with Crippen molar-refractivity contribution in [1.29, 1.82) is 0 Å². The van der Waals surface area contributed by atoms with Crippen molar-refractivity contribution >= 4 is 5.91 Å². The van der Waals surface area contributed by atoms with Gasteiger partial charge < -0.3 is 19.7 Å². The monoisotopic (exact) mass is 386 g/mol. The Morgan fingerprint density at radius 1 is 1.14 bits per heavy atom. The van der Waals surface area contributed by atoms with Gasteiger partial charge >= 0.3 is 0 Å². The molecule has 1 spiro atoms. The highest BCUT2D eigenvalue weighted by atomic mass is 16.5. The maximum absolute atomic E-state index is 12.1. The summed E-state index contributed by atoms with van der Waals surface area (Å²) < 4.78 is 11.9. The van der Waals surface area contributed by atoms with Crippen molar-refractivity contribution in [3.05, 3.63) is 35.9 Å². The summed E-state index contributed by atoms with van der Waals surface area (Å²) in [6.07, 6.45) is 8.56. The molecule has 28 heavy (non-hydrogen) atoms. The highest BCUT2D eigenvalue weighted by Gasteiger charge is 2.42. The Labute approximate surface area is 168 Å². The lowest BCUT2D eigenvalue weighted by Crippen LogP contribution is -2.45. The van der Waals surface area contributed by atoms with E-state index >= 15 is 0 Å². The first kappa shape index (κ1) is 19.9. The van der Waals surface area contributed by atoms with Crippen LogP contribution in [0.4, 0.5) is 0 Å². The van der Waals surface area contributed by atoms with Gasteiger partial charge in [0.25, 0.3) is 0 Å². The first-order chi connectivity index (χ1) is 13.7. The van der Waals surface area contributed by atoms with Gasteiger partial charge in [-0.3, -0.25) is 4.79 Å². The Hall–Kier alpha value is -1.43. The molecule has 0 saturated carbocycles. The van der Waals surface area contributed by atoms with Gasteiger partial charge in [-0.1, -0.05) is 30.3 Å². The molecule has 1 amide bonds. The van der Waals surface area contributed by atoms with Gasteiger partial charge in [0.2, 0.25) is 5.91 Å². The third kappa shape index (κ3) is 5.13. The minimum atomic E-state index is -0.241. The van der Waals surface area contributed by atoms with E-state index in [1.54, 1.807) is 0 Å². The molecule has 1 N–H and O–H groups in total. The number of hydrogen-bond donors (Lipinski definition) is 1. The van der Waals surface area contributed by atoms with Crippen molar-refractivity contribution < 1.29 is 14.3 Å². The standard InChI is InChI=1S/C23H34N2O3/c26-22(21-9-5-17-27-21)24-18-20-10-11-23(28-20)12-15-25(16-13-23)14-4-8-19-6-2-1-3-7-19/h1-3,6-7,20-21H,4-5,8-18H2,(H,24,26)/t20-,21-/m1/s1. The summed E-state index contributed by atoms with van der Waals surface area (Å²) in [7, 11) is 0. The van der Waals surface area contributed by atoms with Crippen LogP contribution in [-0.2, 0) is 20.7 Å². The highest BCUT2D eigenvalue weighted by molar-refractivity contribution is 5.80. The minimum absolute atomic E-state index is 0.0373. The number of rotatable bonds is 7. The SMILES string of the molecule is O=C(NC[C@H]1CCC2(CCN(CCCc3ccccc3)CC2)O1)[C@H]1CCCO1. The number of carbonyl (C=O) groups excluding carboxylic acids is 1. The van der Waals surface area contributed by atoms with Crippen LogP contribution in [0, 0.1) is 0 Å². The summed E-state index contributed by atoms with van der Waals surface area (Å²) in [5, 5.41) is 3.04. The van der Waals surface area contributed by atoms with E-state index < -0.39 is 0 Å². The average molecular weight is 387 g/mol. The quantitative estimate of drug-likeness (QED) is 0.783. The maximum atomic E-state index is 12.1. The van der Waals surface area contributed by atoms with E-state index in [9.17, 15) is 4.79 Å². The molecule has 3 saturated heterocycles. The zero-order valence-electron chi connectivity index (χ0n) is 16.9. The van der Waals surface area contributed by atoms with E-state index in [4.69, 9.17) is 9.47 Å². The molecule has 3 aliphatic heterocycles. The van der Waals surface area contributed by atoms with Crippen molar-refractivity contribution in [2.24, 2.45) is 0 Å². The predicted octanol–water partition coefficient (Wildman–Crippen LogP) is 2.93. The molecule has 3 aliphatic rings. The summed E-state index contributed by atoms with van der Waals surface area (Å²) in [4.78, 5) is 14.7. The Morgan fingerprint density at radius 3 is 2.71 bits per heavy atom. The first-order valence-electron chi connectivity index (χ1n) is 11.1. The van der Waals surface area contributed by atoms with Crippen LogP contribution in [-0.4, -0.2) is 61.4 Å². The molecule has 0 aromatic heterocycles. The average Bonchev–Trinajstić information content (AvgIpc) is 3.40. The van der Waals surface area contributed by atoms with Crippen LogP contribution in [0.2, 0.25) is 0 Å². The highest BCUT2D eigenvalue weighted by Crippen LogP contribution is 2.38. The largest absolute Gasteiger partial charge is 0.370 e. The smallest absolute Gasteiger partial charge is 0.249 e. The van der Waals surface area contributed by atoms with Gasteiger partial charge in [0.15, 0.2) is 0 Å². The zero-order chi connectivity index (χ0) is 19.2. The van der Waals surface area contributed by atoms with Gasteiger partial charge in [-0.25, -0.2) is 0 Å². The van der Waals surface area contributed by atoms with Crippen LogP contribution in [0.1, 0.15) is 50.5 Å². The number of nitrogens with one attached hydrogen (secondary N) is 1. The molecule has 1 aromatic rings. The van der Waals surface area contributed by atoms with Crippen molar-refractivity contribution in [3.63, 3.8) is 0 Å². The molecule has 5 heteroatoms. The molecular formula is C23H34N2O3.